The van der Waals surface area contributed by atoms with Crippen molar-refractivity contribution in [3.63, 3.8) is 0 Å². The van der Waals surface area contributed by atoms with Crippen LogP contribution in [0.25, 0.3) is 0 Å². The van der Waals surface area contributed by atoms with Crippen LogP contribution in [0.2, 0.25) is 0 Å². The zero-order valence-electron chi connectivity index (χ0n) is 15.8. The smallest absolute Gasteiger partial charge is 0.221 e. The summed E-state index contributed by atoms with van der Waals surface area (Å²) in [5, 5.41) is 35.4. The van der Waals surface area contributed by atoms with Crippen molar-refractivity contribution in [1.82, 2.24) is 5.32 Å². The molecule has 0 heterocycles. The molecule has 0 aliphatic heterocycles. The maximum atomic E-state index is 11.0. The molecule has 0 aliphatic carbocycles. The van der Waals surface area contributed by atoms with E-state index in [2.05, 4.69) is 10.6 Å². The lowest BCUT2D eigenvalue weighted by Gasteiger charge is -2.22. The van der Waals surface area contributed by atoms with Crippen molar-refractivity contribution in [3.05, 3.63) is 54.1 Å². The highest BCUT2D eigenvalue weighted by molar-refractivity contribution is 5.88. The van der Waals surface area contributed by atoms with Gasteiger partial charge in [-0.15, -0.1) is 12.4 Å². The standard InChI is InChI=1S/C20H26N2O5.ClH/c1-13(20(26)15-3-7-17(24)8-4-15)21-11-18(25)12-27-19-9-5-16(6-10-19)22-14(2)23;/h3-10,13,18,20-21,24-26H,11-12H2,1-2H3,(H,22,23);1H. The number of carbonyl (C=O) groups is 1. The van der Waals surface area contributed by atoms with Crippen LogP contribution in [-0.4, -0.2) is 46.5 Å². The zero-order chi connectivity index (χ0) is 19.8. The molecule has 0 radical (unpaired) electrons. The van der Waals surface area contributed by atoms with Gasteiger partial charge in [-0.2, -0.15) is 0 Å². The van der Waals surface area contributed by atoms with Crippen LogP contribution in [0, 0.1) is 0 Å². The van der Waals surface area contributed by atoms with Crippen molar-refractivity contribution in [3.8, 4) is 11.5 Å². The van der Waals surface area contributed by atoms with Gasteiger partial charge in [0, 0.05) is 25.2 Å². The Labute approximate surface area is 170 Å². The van der Waals surface area contributed by atoms with Gasteiger partial charge < -0.3 is 30.7 Å². The van der Waals surface area contributed by atoms with Gasteiger partial charge in [0.05, 0.1) is 6.10 Å². The summed E-state index contributed by atoms with van der Waals surface area (Å²) in [5.41, 5.74) is 1.35. The lowest BCUT2D eigenvalue weighted by atomic mass is 10.0. The third-order valence-electron chi connectivity index (χ3n) is 4.00. The Morgan fingerprint density at radius 3 is 2.25 bits per heavy atom. The molecule has 1 amide bonds. The van der Waals surface area contributed by atoms with Crippen LogP contribution in [0.3, 0.4) is 0 Å². The molecule has 8 heteroatoms. The highest BCUT2D eigenvalue weighted by Gasteiger charge is 2.17. The van der Waals surface area contributed by atoms with Crippen LogP contribution in [0.5, 0.6) is 11.5 Å². The third-order valence-corrected chi connectivity index (χ3v) is 4.00. The lowest BCUT2D eigenvalue weighted by Crippen LogP contribution is -2.39. The first-order chi connectivity index (χ1) is 12.8. The number of amides is 1. The summed E-state index contributed by atoms with van der Waals surface area (Å²) in [5.74, 6) is 0.582. The number of ether oxygens (including phenoxy) is 1. The molecule has 7 nitrogen and oxygen atoms in total. The summed E-state index contributed by atoms with van der Waals surface area (Å²) < 4.78 is 5.53. The quantitative estimate of drug-likeness (QED) is 0.433. The monoisotopic (exact) mass is 410 g/mol. The number of aliphatic hydroxyl groups is 2. The fourth-order valence-corrected chi connectivity index (χ4v) is 2.48. The minimum Gasteiger partial charge on any atom is -0.508 e. The van der Waals surface area contributed by atoms with Gasteiger partial charge in [-0.3, -0.25) is 4.79 Å². The Morgan fingerprint density at radius 2 is 1.68 bits per heavy atom. The first-order valence-corrected chi connectivity index (χ1v) is 8.74. The van der Waals surface area contributed by atoms with E-state index in [1.165, 1.54) is 19.1 Å². The molecule has 3 atom stereocenters. The predicted molar refractivity (Wildman–Crippen MR) is 110 cm³/mol. The second-order valence-electron chi connectivity index (χ2n) is 6.40. The molecule has 0 fully saturated rings. The van der Waals surface area contributed by atoms with Crippen LogP contribution in [0.15, 0.2) is 48.5 Å². The molecule has 154 valence electrons. The van der Waals surface area contributed by atoms with E-state index in [0.29, 0.717) is 17.0 Å². The molecule has 0 bridgehead atoms. The molecule has 2 aromatic rings. The van der Waals surface area contributed by atoms with Crippen molar-refractivity contribution < 1.29 is 24.9 Å². The highest BCUT2D eigenvalue weighted by atomic mass is 35.5. The average molecular weight is 411 g/mol. The lowest BCUT2D eigenvalue weighted by molar-refractivity contribution is -0.114. The number of phenols is 1. The summed E-state index contributed by atoms with van der Waals surface area (Å²) in [6, 6.07) is 12.9. The minimum absolute atomic E-state index is 0. The van der Waals surface area contributed by atoms with E-state index in [9.17, 15) is 20.1 Å². The van der Waals surface area contributed by atoms with E-state index < -0.39 is 12.2 Å². The second-order valence-corrected chi connectivity index (χ2v) is 6.40. The van der Waals surface area contributed by atoms with Gasteiger partial charge in [0.2, 0.25) is 5.91 Å². The molecule has 2 aromatic carbocycles. The third kappa shape index (κ3) is 7.74. The summed E-state index contributed by atoms with van der Waals surface area (Å²) >= 11 is 0. The molecule has 5 N–H and O–H groups in total. The highest BCUT2D eigenvalue weighted by Crippen LogP contribution is 2.19. The number of anilines is 1. The van der Waals surface area contributed by atoms with Crippen molar-refractivity contribution >= 4 is 24.0 Å². The van der Waals surface area contributed by atoms with E-state index in [-0.39, 0.29) is 43.3 Å². The number of hydrogen-bond acceptors (Lipinski definition) is 6. The first kappa shape index (κ1) is 23.7. The van der Waals surface area contributed by atoms with E-state index in [1.807, 2.05) is 6.92 Å². The summed E-state index contributed by atoms with van der Waals surface area (Å²) in [7, 11) is 0. The van der Waals surface area contributed by atoms with Gasteiger partial charge in [-0.25, -0.2) is 0 Å². The van der Waals surface area contributed by atoms with Crippen molar-refractivity contribution in [2.75, 3.05) is 18.5 Å². The van der Waals surface area contributed by atoms with Crippen LogP contribution < -0.4 is 15.4 Å². The Hall–Kier alpha value is -2.32. The normalized spacial score (nSPS) is 13.7. The van der Waals surface area contributed by atoms with Gasteiger partial charge in [-0.05, 0) is 48.9 Å². The molecule has 0 spiro atoms. The maximum Gasteiger partial charge on any atom is 0.221 e. The SMILES string of the molecule is CC(=O)Nc1ccc(OCC(O)CNC(C)C(O)c2ccc(O)cc2)cc1.Cl. The maximum absolute atomic E-state index is 11.0. The van der Waals surface area contributed by atoms with Gasteiger partial charge >= 0.3 is 0 Å². The van der Waals surface area contributed by atoms with Crippen molar-refractivity contribution in [2.24, 2.45) is 0 Å². The predicted octanol–water partition coefficient (Wildman–Crippen LogP) is 2.22. The summed E-state index contributed by atoms with van der Waals surface area (Å²) in [4.78, 5) is 11.0. The van der Waals surface area contributed by atoms with E-state index in [4.69, 9.17) is 4.74 Å². The molecular weight excluding hydrogens is 384 g/mol. The van der Waals surface area contributed by atoms with Crippen LogP contribution >= 0.6 is 12.4 Å². The van der Waals surface area contributed by atoms with Crippen LogP contribution in [0.1, 0.15) is 25.5 Å². The Morgan fingerprint density at radius 1 is 1.07 bits per heavy atom. The molecule has 0 aromatic heterocycles. The Kier molecular flexibility index (Phi) is 9.75. The van der Waals surface area contributed by atoms with E-state index in [1.54, 1.807) is 36.4 Å². The van der Waals surface area contributed by atoms with E-state index in [0.717, 1.165) is 0 Å². The van der Waals surface area contributed by atoms with Gasteiger partial charge in [0.1, 0.15) is 24.2 Å². The number of halogens is 1. The zero-order valence-corrected chi connectivity index (χ0v) is 16.6. The van der Waals surface area contributed by atoms with Crippen molar-refractivity contribution in [2.45, 2.75) is 32.1 Å². The number of hydrogen-bond donors (Lipinski definition) is 5. The van der Waals surface area contributed by atoms with Crippen molar-refractivity contribution in [1.29, 1.82) is 0 Å². The number of benzene rings is 2. The summed E-state index contributed by atoms with van der Waals surface area (Å²) in [6.45, 7) is 3.59. The first-order valence-electron chi connectivity index (χ1n) is 8.74. The van der Waals surface area contributed by atoms with Gasteiger partial charge in [-0.1, -0.05) is 12.1 Å². The fraction of sp³-hybridized carbons (Fsp3) is 0.350. The molecule has 2 rings (SSSR count). The van der Waals surface area contributed by atoms with Gasteiger partial charge in [0.25, 0.3) is 0 Å². The summed E-state index contributed by atoms with van der Waals surface area (Å²) in [6.07, 6.45) is -1.52. The number of rotatable bonds is 9. The van der Waals surface area contributed by atoms with Crippen LogP contribution in [-0.2, 0) is 4.79 Å². The topological polar surface area (TPSA) is 111 Å². The molecular formula is C20H27ClN2O5. The fourth-order valence-electron chi connectivity index (χ4n) is 2.48. The number of aliphatic hydroxyl groups excluding tert-OH is 2. The molecule has 0 saturated heterocycles. The molecule has 0 aliphatic rings. The van der Waals surface area contributed by atoms with Gasteiger partial charge in [0.15, 0.2) is 0 Å². The largest absolute Gasteiger partial charge is 0.508 e. The average Bonchev–Trinajstić information content (AvgIpc) is 2.65. The number of aromatic hydroxyl groups is 1. The Bertz CT molecular complexity index is 724. The Balaban J connectivity index is 0.00000392. The molecule has 0 saturated carbocycles. The second kappa shape index (κ2) is 11.5. The van der Waals surface area contributed by atoms with Crippen LogP contribution in [0.4, 0.5) is 5.69 Å². The number of phenolic OH excluding ortho intramolecular Hbond substituents is 1. The minimum atomic E-state index is -0.764. The van der Waals surface area contributed by atoms with E-state index >= 15 is 0 Å². The number of carbonyl (C=O) groups excluding carboxylic acids is 1. The molecule has 3 unspecified atom stereocenters. The molecule has 28 heavy (non-hydrogen) atoms. The number of nitrogens with one attached hydrogen (secondary N) is 2.